The summed E-state index contributed by atoms with van der Waals surface area (Å²) in [4.78, 5) is 33.9. The van der Waals surface area contributed by atoms with Gasteiger partial charge in [0.05, 0.1) is 0 Å². The minimum Gasteiger partial charge on any atom is -0.480 e. The second kappa shape index (κ2) is 10.7. The number of carboxylic acids is 2. The molecule has 0 heterocycles. The normalized spacial score (nSPS) is 11.0. The van der Waals surface area contributed by atoms with Crippen LogP contribution in [0.2, 0.25) is 0 Å². The first-order valence-corrected chi connectivity index (χ1v) is 5.90. The lowest BCUT2D eigenvalue weighted by molar-refractivity contribution is -0.150. The van der Waals surface area contributed by atoms with Gasteiger partial charge in [-0.05, 0) is 12.8 Å². The molecule has 1 unspecified atom stereocenters. The predicted octanol–water partition coefficient (Wildman–Crippen LogP) is -1.25. The van der Waals surface area contributed by atoms with Crippen LogP contribution in [0.5, 0.6) is 0 Å². The van der Waals surface area contributed by atoms with Crippen molar-refractivity contribution in [3.05, 3.63) is 0 Å². The Labute approximate surface area is 116 Å². The Hall–Kier alpha value is -2.16. The molecular formula is C11H22N4O5. The number of carbonyl (C=O) groups excluding carboxylic acids is 1. The lowest BCUT2D eigenvalue weighted by Gasteiger charge is -2.03. The van der Waals surface area contributed by atoms with E-state index in [4.69, 9.17) is 27.4 Å². The van der Waals surface area contributed by atoms with Crippen LogP contribution in [-0.4, -0.2) is 46.5 Å². The van der Waals surface area contributed by atoms with Crippen molar-refractivity contribution in [2.24, 2.45) is 28.1 Å². The van der Waals surface area contributed by atoms with Crippen molar-refractivity contribution < 1.29 is 24.6 Å². The Bertz CT molecular complexity index is 364. The Morgan fingerprint density at radius 1 is 1.15 bits per heavy atom. The number of Topliss-reactive ketones (excluding diaryl/α,β-unsaturated/α-hetero) is 1. The fourth-order valence-corrected chi connectivity index (χ4v) is 0.890. The van der Waals surface area contributed by atoms with E-state index in [2.05, 4.69) is 4.99 Å². The maximum absolute atomic E-state index is 10.2. The molecule has 8 N–H and O–H groups in total. The number of nitrogens with zero attached hydrogens (tertiary/aromatic N) is 1. The van der Waals surface area contributed by atoms with Crippen molar-refractivity contribution in [3.8, 4) is 0 Å². The highest BCUT2D eigenvalue weighted by Crippen LogP contribution is 1.94. The number of nitrogens with two attached hydrogens (primary N) is 3. The van der Waals surface area contributed by atoms with Crippen LogP contribution in [0.4, 0.5) is 0 Å². The summed E-state index contributed by atoms with van der Waals surface area (Å²) < 4.78 is 0. The zero-order chi connectivity index (χ0) is 16.3. The molecule has 0 amide bonds. The number of aliphatic imine (C=N–C) groups is 1. The Morgan fingerprint density at radius 3 is 1.90 bits per heavy atom. The van der Waals surface area contributed by atoms with E-state index < -0.39 is 29.7 Å². The van der Waals surface area contributed by atoms with Gasteiger partial charge >= 0.3 is 11.9 Å². The summed E-state index contributed by atoms with van der Waals surface area (Å²) in [6.07, 6.45) is 0.956. The zero-order valence-corrected chi connectivity index (χ0v) is 11.6. The first-order valence-electron chi connectivity index (χ1n) is 5.90. The second-order valence-corrected chi connectivity index (χ2v) is 4.22. The summed E-state index contributed by atoms with van der Waals surface area (Å²) in [7, 11) is 0. The van der Waals surface area contributed by atoms with Gasteiger partial charge in [-0.3, -0.25) is 14.6 Å². The summed E-state index contributed by atoms with van der Waals surface area (Å²) >= 11 is 0. The number of rotatable bonds is 7. The maximum atomic E-state index is 10.2. The molecule has 0 saturated carbocycles. The average molecular weight is 290 g/mol. The van der Waals surface area contributed by atoms with E-state index in [1.54, 1.807) is 13.8 Å². The molecule has 0 bridgehead atoms. The van der Waals surface area contributed by atoms with Crippen molar-refractivity contribution in [2.45, 2.75) is 32.7 Å². The SMILES string of the molecule is CC(C)C(=O)C(=O)O.NC(N)=NCCCC(N)C(=O)O. The monoisotopic (exact) mass is 290 g/mol. The van der Waals surface area contributed by atoms with Gasteiger partial charge in [-0.2, -0.15) is 0 Å². The first kappa shape index (κ1) is 20.2. The van der Waals surface area contributed by atoms with Gasteiger partial charge in [0, 0.05) is 12.5 Å². The first-order chi connectivity index (χ1) is 9.09. The third kappa shape index (κ3) is 12.3. The number of guanidine groups is 1. The standard InChI is InChI=1S/C6H14N4O2.C5H8O3/c7-4(5(11)12)2-1-3-10-6(8)9;1-3(2)4(6)5(7)8/h4H,1-3,7H2,(H,11,12)(H4,8,9,10);3H,1-2H3,(H,7,8). The van der Waals surface area contributed by atoms with Crippen LogP contribution in [-0.2, 0) is 14.4 Å². The van der Waals surface area contributed by atoms with Crippen molar-refractivity contribution >= 4 is 23.7 Å². The number of hydrogen-bond acceptors (Lipinski definition) is 5. The highest BCUT2D eigenvalue weighted by atomic mass is 16.4. The molecular weight excluding hydrogens is 268 g/mol. The number of carbonyl (C=O) groups is 3. The number of ketones is 1. The van der Waals surface area contributed by atoms with E-state index in [9.17, 15) is 14.4 Å². The highest BCUT2D eigenvalue weighted by Gasteiger charge is 2.14. The molecule has 0 aliphatic carbocycles. The van der Waals surface area contributed by atoms with Crippen LogP contribution < -0.4 is 17.2 Å². The lowest BCUT2D eigenvalue weighted by Crippen LogP contribution is -2.30. The topological polar surface area (TPSA) is 182 Å². The van der Waals surface area contributed by atoms with Gasteiger partial charge < -0.3 is 27.4 Å². The molecule has 116 valence electrons. The summed E-state index contributed by atoms with van der Waals surface area (Å²) in [5, 5.41) is 16.4. The smallest absolute Gasteiger partial charge is 0.372 e. The molecule has 0 saturated heterocycles. The van der Waals surface area contributed by atoms with E-state index in [1.165, 1.54) is 0 Å². The highest BCUT2D eigenvalue weighted by molar-refractivity contribution is 6.33. The van der Waals surface area contributed by atoms with Gasteiger partial charge in [0.15, 0.2) is 5.96 Å². The van der Waals surface area contributed by atoms with Crippen LogP contribution in [0.3, 0.4) is 0 Å². The van der Waals surface area contributed by atoms with Crippen LogP contribution in [0, 0.1) is 5.92 Å². The van der Waals surface area contributed by atoms with Crippen LogP contribution in [0.15, 0.2) is 4.99 Å². The lowest BCUT2D eigenvalue weighted by atomic mass is 10.1. The largest absolute Gasteiger partial charge is 0.480 e. The van der Waals surface area contributed by atoms with Gasteiger partial charge in [0.1, 0.15) is 6.04 Å². The van der Waals surface area contributed by atoms with Gasteiger partial charge in [-0.15, -0.1) is 0 Å². The van der Waals surface area contributed by atoms with E-state index >= 15 is 0 Å². The molecule has 0 radical (unpaired) electrons. The molecule has 1 atom stereocenters. The van der Waals surface area contributed by atoms with E-state index in [0.29, 0.717) is 19.4 Å². The molecule has 0 aliphatic heterocycles. The summed E-state index contributed by atoms with van der Waals surface area (Å²) in [5.74, 6) is -3.46. The summed E-state index contributed by atoms with van der Waals surface area (Å²) in [6.45, 7) is 3.52. The van der Waals surface area contributed by atoms with Crippen LogP contribution >= 0.6 is 0 Å². The molecule has 0 aromatic rings. The molecule has 0 aromatic carbocycles. The third-order valence-electron chi connectivity index (χ3n) is 2.02. The minimum absolute atomic E-state index is 0.0129. The Balaban J connectivity index is 0. The van der Waals surface area contributed by atoms with Crippen molar-refractivity contribution in [2.75, 3.05) is 6.54 Å². The maximum Gasteiger partial charge on any atom is 0.372 e. The molecule has 20 heavy (non-hydrogen) atoms. The van der Waals surface area contributed by atoms with Gasteiger partial charge in [-0.25, -0.2) is 4.79 Å². The van der Waals surface area contributed by atoms with E-state index in [-0.39, 0.29) is 5.96 Å². The van der Waals surface area contributed by atoms with Crippen LogP contribution in [0.1, 0.15) is 26.7 Å². The molecule has 0 aromatic heterocycles. The van der Waals surface area contributed by atoms with Gasteiger partial charge in [0.2, 0.25) is 5.78 Å². The van der Waals surface area contributed by atoms with Gasteiger partial charge in [0.25, 0.3) is 0 Å². The fourth-order valence-electron chi connectivity index (χ4n) is 0.890. The van der Waals surface area contributed by atoms with E-state index in [0.717, 1.165) is 0 Å². The van der Waals surface area contributed by atoms with Crippen molar-refractivity contribution in [3.63, 3.8) is 0 Å². The minimum atomic E-state index is -1.35. The predicted molar refractivity (Wildman–Crippen MR) is 73.0 cm³/mol. The van der Waals surface area contributed by atoms with Gasteiger partial charge in [-0.1, -0.05) is 13.8 Å². The van der Waals surface area contributed by atoms with Crippen LogP contribution in [0.25, 0.3) is 0 Å². The van der Waals surface area contributed by atoms with Crippen molar-refractivity contribution in [1.82, 2.24) is 0 Å². The molecule has 0 aliphatic rings. The Kier molecular flexibility index (Phi) is 10.8. The second-order valence-electron chi connectivity index (χ2n) is 4.22. The number of aliphatic carboxylic acids is 2. The summed E-state index contributed by atoms with van der Waals surface area (Å²) in [5.41, 5.74) is 15.3. The molecule has 0 rings (SSSR count). The number of carboxylic acid groups (broad SMARTS) is 2. The summed E-state index contributed by atoms with van der Waals surface area (Å²) in [6, 6.07) is -0.820. The molecule has 9 heteroatoms. The van der Waals surface area contributed by atoms with Crippen molar-refractivity contribution in [1.29, 1.82) is 0 Å². The molecule has 0 spiro atoms. The number of hydrogen-bond donors (Lipinski definition) is 5. The molecule has 0 fully saturated rings. The van der Waals surface area contributed by atoms with E-state index in [1.807, 2.05) is 0 Å². The molecule has 9 nitrogen and oxygen atoms in total. The third-order valence-corrected chi connectivity index (χ3v) is 2.02. The average Bonchev–Trinajstić information content (AvgIpc) is 2.33. The zero-order valence-electron chi connectivity index (χ0n) is 11.6. The Morgan fingerprint density at radius 2 is 1.65 bits per heavy atom. The fraction of sp³-hybridized carbons (Fsp3) is 0.636. The quantitative estimate of drug-likeness (QED) is 0.167.